The molecule has 0 bridgehead atoms. The van der Waals surface area contributed by atoms with Crippen molar-refractivity contribution < 1.29 is 14.3 Å². The van der Waals surface area contributed by atoms with Crippen molar-refractivity contribution in [3.63, 3.8) is 0 Å². The van der Waals surface area contributed by atoms with E-state index in [0.29, 0.717) is 12.0 Å². The van der Waals surface area contributed by atoms with E-state index in [9.17, 15) is 9.59 Å². The molecule has 0 saturated carbocycles. The summed E-state index contributed by atoms with van der Waals surface area (Å²) in [4.78, 5) is 23.8. The minimum atomic E-state index is -0.557. The normalized spacial score (nSPS) is 14.6. The first kappa shape index (κ1) is 12.0. The van der Waals surface area contributed by atoms with Crippen molar-refractivity contribution in [2.45, 2.75) is 13.3 Å². The molecule has 0 heterocycles. The van der Waals surface area contributed by atoms with Crippen LogP contribution < -0.4 is 0 Å². The van der Waals surface area contributed by atoms with Crippen molar-refractivity contribution in [2.24, 2.45) is 0 Å². The molecule has 0 saturated heterocycles. The monoisotopic (exact) mass is 294 g/mol. The number of allylic oxidation sites excluding steroid dienone is 1. The van der Waals surface area contributed by atoms with Gasteiger partial charge in [-0.2, -0.15) is 0 Å². The zero-order valence-electron chi connectivity index (χ0n) is 9.54. The van der Waals surface area contributed by atoms with Crippen LogP contribution in [0, 0.1) is 0 Å². The molecule has 0 radical (unpaired) electrons. The van der Waals surface area contributed by atoms with E-state index in [-0.39, 0.29) is 11.4 Å². The lowest BCUT2D eigenvalue weighted by atomic mass is 9.86. The molecule has 0 N–H and O–H groups in total. The number of esters is 1. The van der Waals surface area contributed by atoms with Gasteiger partial charge in [-0.15, -0.1) is 0 Å². The maximum Gasteiger partial charge on any atom is 0.341 e. The van der Waals surface area contributed by atoms with Crippen LogP contribution in [0.15, 0.2) is 33.8 Å². The highest BCUT2D eigenvalue weighted by Crippen LogP contribution is 2.28. The van der Waals surface area contributed by atoms with Gasteiger partial charge in [0, 0.05) is 10.0 Å². The molecule has 1 aliphatic rings. The van der Waals surface area contributed by atoms with Crippen LogP contribution in [0.3, 0.4) is 0 Å². The predicted octanol–water partition coefficient (Wildman–Crippen LogP) is 2.68. The Balaban J connectivity index is 2.54. The van der Waals surface area contributed by atoms with Crippen molar-refractivity contribution in [1.82, 2.24) is 0 Å². The molecule has 1 aliphatic carbocycles. The van der Waals surface area contributed by atoms with Crippen LogP contribution in [0.1, 0.15) is 22.8 Å². The van der Waals surface area contributed by atoms with E-state index in [4.69, 9.17) is 0 Å². The average molecular weight is 295 g/mol. The van der Waals surface area contributed by atoms with E-state index in [0.717, 1.165) is 15.6 Å². The van der Waals surface area contributed by atoms with Crippen LogP contribution in [-0.2, 0) is 16.0 Å². The summed E-state index contributed by atoms with van der Waals surface area (Å²) in [6.45, 7) is 1.79. The fraction of sp³-hybridized carbons (Fsp3) is 0.231. The number of hydrogen-bond donors (Lipinski definition) is 0. The Bertz CT molecular complexity index is 544. The number of carbonyl (C=O) groups is 2. The number of ketones is 1. The molecular formula is C13H11BrO3. The molecule has 4 heteroatoms. The van der Waals surface area contributed by atoms with Gasteiger partial charge in [-0.3, -0.25) is 4.79 Å². The topological polar surface area (TPSA) is 43.4 Å². The van der Waals surface area contributed by atoms with Gasteiger partial charge in [0.1, 0.15) is 5.57 Å². The van der Waals surface area contributed by atoms with Gasteiger partial charge in [-0.05, 0) is 31.0 Å². The molecule has 17 heavy (non-hydrogen) atoms. The summed E-state index contributed by atoms with van der Waals surface area (Å²) in [5, 5.41) is 0. The average Bonchev–Trinajstić information content (AvgIpc) is 2.30. The standard InChI is InChI=1S/C13H11BrO3/c1-7-5-8-3-4-9(14)6-10(8)12(15)11(7)13(16)17-2/h3-4,6H,5H2,1-2H3. The molecule has 2 rings (SSSR count). The second-order valence-electron chi connectivity index (χ2n) is 3.95. The molecule has 1 aromatic carbocycles. The first-order chi connectivity index (χ1) is 8.04. The number of halogens is 1. The predicted molar refractivity (Wildman–Crippen MR) is 66.9 cm³/mol. The van der Waals surface area contributed by atoms with Crippen molar-refractivity contribution in [2.75, 3.05) is 7.11 Å². The van der Waals surface area contributed by atoms with Crippen LogP contribution in [-0.4, -0.2) is 18.9 Å². The molecule has 0 atom stereocenters. The zero-order valence-corrected chi connectivity index (χ0v) is 11.1. The van der Waals surface area contributed by atoms with Crippen LogP contribution in [0.4, 0.5) is 0 Å². The maximum absolute atomic E-state index is 12.2. The van der Waals surface area contributed by atoms with Gasteiger partial charge in [-0.1, -0.05) is 27.6 Å². The van der Waals surface area contributed by atoms with E-state index in [1.54, 1.807) is 13.0 Å². The van der Waals surface area contributed by atoms with E-state index >= 15 is 0 Å². The van der Waals surface area contributed by atoms with E-state index in [2.05, 4.69) is 20.7 Å². The van der Waals surface area contributed by atoms with Gasteiger partial charge in [0.2, 0.25) is 5.78 Å². The van der Waals surface area contributed by atoms with Gasteiger partial charge in [0.05, 0.1) is 7.11 Å². The molecule has 0 aromatic heterocycles. The molecule has 0 fully saturated rings. The largest absolute Gasteiger partial charge is 0.465 e. The lowest BCUT2D eigenvalue weighted by molar-refractivity contribution is -0.135. The van der Waals surface area contributed by atoms with E-state index < -0.39 is 5.97 Å². The molecule has 88 valence electrons. The first-order valence-electron chi connectivity index (χ1n) is 5.15. The van der Waals surface area contributed by atoms with Gasteiger partial charge in [0.25, 0.3) is 0 Å². The number of Topliss-reactive ketones (excluding diaryl/α,β-unsaturated/α-hetero) is 1. The second kappa shape index (κ2) is 4.45. The SMILES string of the molecule is COC(=O)C1=C(C)Cc2ccc(Br)cc2C1=O. The lowest BCUT2D eigenvalue weighted by Crippen LogP contribution is -2.22. The third-order valence-electron chi connectivity index (χ3n) is 2.82. The molecule has 1 aromatic rings. The Morgan fingerprint density at radius 1 is 1.41 bits per heavy atom. The Labute approximate surface area is 108 Å². The number of rotatable bonds is 1. The Morgan fingerprint density at radius 3 is 2.76 bits per heavy atom. The van der Waals surface area contributed by atoms with Gasteiger partial charge in [-0.25, -0.2) is 4.79 Å². The summed E-state index contributed by atoms with van der Waals surface area (Å²) >= 11 is 3.32. The van der Waals surface area contributed by atoms with Crippen molar-refractivity contribution in [3.05, 3.63) is 44.9 Å². The van der Waals surface area contributed by atoms with Gasteiger partial charge >= 0.3 is 5.97 Å². The first-order valence-corrected chi connectivity index (χ1v) is 5.95. The van der Waals surface area contributed by atoms with E-state index in [1.807, 2.05) is 12.1 Å². The van der Waals surface area contributed by atoms with Crippen LogP contribution >= 0.6 is 15.9 Å². The summed E-state index contributed by atoms with van der Waals surface area (Å²) in [6.07, 6.45) is 0.610. The molecule has 0 aliphatic heterocycles. The second-order valence-corrected chi connectivity index (χ2v) is 4.87. The van der Waals surface area contributed by atoms with Crippen molar-refractivity contribution in [1.29, 1.82) is 0 Å². The molecular weight excluding hydrogens is 284 g/mol. The smallest absolute Gasteiger partial charge is 0.341 e. The summed E-state index contributed by atoms with van der Waals surface area (Å²) in [7, 11) is 1.28. The number of benzene rings is 1. The number of carbonyl (C=O) groups excluding carboxylic acids is 2. The lowest BCUT2D eigenvalue weighted by Gasteiger charge is -2.18. The summed E-state index contributed by atoms with van der Waals surface area (Å²) in [6, 6.07) is 5.53. The minimum Gasteiger partial charge on any atom is -0.465 e. The van der Waals surface area contributed by atoms with E-state index in [1.165, 1.54) is 7.11 Å². The summed E-state index contributed by atoms with van der Waals surface area (Å²) < 4.78 is 5.47. The van der Waals surface area contributed by atoms with Crippen LogP contribution in [0.2, 0.25) is 0 Å². The molecule has 0 spiro atoms. The van der Waals surface area contributed by atoms with Gasteiger partial charge in [0.15, 0.2) is 0 Å². The third kappa shape index (κ3) is 2.05. The number of methoxy groups -OCH3 is 1. The fourth-order valence-electron chi connectivity index (χ4n) is 1.99. The Morgan fingerprint density at radius 2 is 2.12 bits per heavy atom. The molecule has 3 nitrogen and oxygen atoms in total. The zero-order chi connectivity index (χ0) is 12.6. The van der Waals surface area contributed by atoms with Crippen LogP contribution in [0.25, 0.3) is 0 Å². The highest BCUT2D eigenvalue weighted by Gasteiger charge is 2.29. The highest BCUT2D eigenvalue weighted by molar-refractivity contribution is 9.10. The Hall–Kier alpha value is -1.42. The third-order valence-corrected chi connectivity index (χ3v) is 3.31. The minimum absolute atomic E-state index is 0.165. The number of fused-ring (bicyclic) bond motifs is 1. The summed E-state index contributed by atoms with van der Waals surface area (Å²) in [5.41, 5.74) is 2.45. The quantitative estimate of drug-likeness (QED) is 0.591. The number of hydrogen-bond acceptors (Lipinski definition) is 3. The highest BCUT2D eigenvalue weighted by atomic mass is 79.9. The molecule has 0 amide bonds. The summed E-state index contributed by atoms with van der Waals surface area (Å²) in [5.74, 6) is -0.810. The Kier molecular flexibility index (Phi) is 3.15. The van der Waals surface area contributed by atoms with Crippen LogP contribution in [0.5, 0.6) is 0 Å². The number of ether oxygens (including phenoxy) is 1. The van der Waals surface area contributed by atoms with Crippen molar-refractivity contribution >= 4 is 27.7 Å². The molecule has 0 unspecified atom stereocenters. The van der Waals surface area contributed by atoms with Crippen molar-refractivity contribution in [3.8, 4) is 0 Å². The van der Waals surface area contributed by atoms with Gasteiger partial charge < -0.3 is 4.74 Å². The maximum atomic E-state index is 12.2. The fourth-order valence-corrected chi connectivity index (χ4v) is 2.35.